The van der Waals surface area contributed by atoms with Crippen molar-refractivity contribution in [2.75, 3.05) is 0 Å². The molecule has 0 aliphatic carbocycles. The molecule has 0 fully saturated rings. The summed E-state index contributed by atoms with van der Waals surface area (Å²) in [6.45, 7) is 20.6. The predicted octanol–water partition coefficient (Wildman–Crippen LogP) is 10.1. The number of hydrogen-bond donors (Lipinski definition) is 0. The molecule has 6 aromatic rings. The normalized spacial score (nSPS) is 12.2. The average molecular weight is 790 g/mol. The van der Waals surface area contributed by atoms with E-state index in [1.807, 2.05) is 48.7 Å². The van der Waals surface area contributed by atoms with E-state index in [9.17, 15) is 0 Å². The van der Waals surface area contributed by atoms with E-state index in [0.29, 0.717) is 23.5 Å². The summed E-state index contributed by atoms with van der Waals surface area (Å²) >= 11 is 0. The predicted molar refractivity (Wildman–Crippen MR) is 187 cm³/mol. The molecule has 4 aromatic heterocycles. The van der Waals surface area contributed by atoms with E-state index in [2.05, 4.69) is 113 Å². The number of furan rings is 1. The second kappa shape index (κ2) is 14.3. The summed E-state index contributed by atoms with van der Waals surface area (Å²) in [7, 11) is -1.34. The molecule has 0 bridgehead atoms. The third-order valence-electron chi connectivity index (χ3n) is 8.45. The molecular formula is C39H43IrN3OSi-2. The quantitative estimate of drug-likeness (QED) is 0.125. The molecule has 0 saturated heterocycles. The number of hydrogen-bond acceptors (Lipinski definition) is 4. The van der Waals surface area contributed by atoms with Gasteiger partial charge in [0.05, 0.1) is 13.7 Å². The maximum atomic E-state index is 6.03. The molecule has 0 aliphatic heterocycles. The molecule has 0 N–H and O–H groups in total. The van der Waals surface area contributed by atoms with Gasteiger partial charge in [-0.2, -0.15) is 0 Å². The largest absolute Gasteiger partial charge is 0.486 e. The first-order chi connectivity index (χ1) is 21.0. The zero-order valence-corrected chi connectivity index (χ0v) is 31.2. The van der Waals surface area contributed by atoms with Gasteiger partial charge in [-0.3, -0.25) is 0 Å². The Hall–Kier alpha value is -3.44. The van der Waals surface area contributed by atoms with Crippen molar-refractivity contribution in [3.8, 4) is 22.5 Å². The second-order valence-electron chi connectivity index (χ2n) is 13.4. The number of nitrogens with zero attached hydrogens (tertiary/aromatic N) is 3. The number of pyridine rings is 3. The fourth-order valence-corrected chi connectivity index (χ4v) is 7.25. The van der Waals surface area contributed by atoms with Gasteiger partial charge in [-0.1, -0.05) is 82.9 Å². The zero-order chi connectivity index (χ0) is 31.6. The van der Waals surface area contributed by atoms with Crippen molar-refractivity contribution in [3.63, 3.8) is 0 Å². The molecule has 6 rings (SSSR count). The summed E-state index contributed by atoms with van der Waals surface area (Å²) in [5.41, 5.74) is 9.37. The minimum atomic E-state index is -1.34. The first-order valence-electron chi connectivity index (χ1n) is 15.6. The number of benzene rings is 2. The molecule has 0 aliphatic rings. The van der Waals surface area contributed by atoms with Gasteiger partial charge in [0.2, 0.25) is 5.71 Å². The van der Waals surface area contributed by atoms with Crippen LogP contribution < -0.4 is 5.19 Å². The maximum Gasteiger partial charge on any atom is 0.216 e. The molecule has 0 saturated carbocycles. The smallest absolute Gasteiger partial charge is 0.216 e. The van der Waals surface area contributed by atoms with Crippen LogP contribution in [-0.2, 0) is 20.1 Å². The van der Waals surface area contributed by atoms with Gasteiger partial charge in [-0.15, -0.1) is 54.1 Å². The Morgan fingerprint density at radius 1 is 0.756 bits per heavy atom. The minimum Gasteiger partial charge on any atom is -0.486 e. The molecule has 45 heavy (non-hydrogen) atoms. The molecule has 4 heterocycles. The van der Waals surface area contributed by atoms with E-state index in [4.69, 9.17) is 4.42 Å². The van der Waals surface area contributed by atoms with E-state index in [1.54, 1.807) is 6.20 Å². The van der Waals surface area contributed by atoms with Crippen molar-refractivity contribution < 1.29 is 24.5 Å². The summed E-state index contributed by atoms with van der Waals surface area (Å²) in [5.74, 6) is 1.58. The molecule has 6 heteroatoms. The average Bonchev–Trinajstić information content (AvgIpc) is 3.40. The van der Waals surface area contributed by atoms with Crippen molar-refractivity contribution in [3.05, 3.63) is 108 Å². The minimum absolute atomic E-state index is 0. The number of fused-ring (bicyclic) bond motifs is 3. The van der Waals surface area contributed by atoms with Gasteiger partial charge < -0.3 is 14.4 Å². The second-order valence-corrected chi connectivity index (χ2v) is 18.4. The van der Waals surface area contributed by atoms with Crippen LogP contribution in [0, 0.1) is 25.0 Å². The third kappa shape index (κ3) is 7.52. The van der Waals surface area contributed by atoms with Crippen molar-refractivity contribution in [2.45, 2.75) is 73.0 Å². The van der Waals surface area contributed by atoms with Gasteiger partial charge in [-0.25, -0.2) is 4.98 Å². The Morgan fingerprint density at radius 3 is 2.16 bits per heavy atom. The van der Waals surface area contributed by atoms with Crippen LogP contribution in [0.1, 0.15) is 63.1 Å². The SMILES string of the molecule is CC(C)c1cc(-c2[c-]cccc2)ncc1[Si](C)(C)C.Cc1cnc(-c2[c-]ccc3c2oc2ncccc23)cc1C(C)C(C)C.[Ir]. The molecule has 1 unspecified atom stereocenters. The van der Waals surface area contributed by atoms with Gasteiger partial charge in [0.1, 0.15) is 0 Å². The summed E-state index contributed by atoms with van der Waals surface area (Å²) in [4.78, 5) is 13.7. The van der Waals surface area contributed by atoms with Crippen LogP contribution in [0.5, 0.6) is 0 Å². The number of aromatic nitrogens is 3. The van der Waals surface area contributed by atoms with Crippen LogP contribution in [-0.4, -0.2) is 23.0 Å². The fraction of sp³-hybridized carbons (Fsp3) is 0.308. The zero-order valence-electron chi connectivity index (χ0n) is 27.8. The van der Waals surface area contributed by atoms with E-state index in [0.717, 1.165) is 38.9 Å². The van der Waals surface area contributed by atoms with E-state index in [-0.39, 0.29) is 20.1 Å². The Kier molecular flexibility index (Phi) is 11.0. The van der Waals surface area contributed by atoms with Crippen LogP contribution in [0.2, 0.25) is 19.6 Å². The van der Waals surface area contributed by atoms with Gasteiger partial charge in [0.25, 0.3) is 0 Å². The van der Waals surface area contributed by atoms with Crippen LogP contribution in [0.4, 0.5) is 0 Å². The summed E-state index contributed by atoms with van der Waals surface area (Å²) in [5, 5.41) is 3.55. The van der Waals surface area contributed by atoms with Gasteiger partial charge >= 0.3 is 0 Å². The summed E-state index contributed by atoms with van der Waals surface area (Å²) in [6.07, 6.45) is 5.80. The summed E-state index contributed by atoms with van der Waals surface area (Å²) in [6, 6.07) is 27.0. The molecule has 1 radical (unpaired) electrons. The van der Waals surface area contributed by atoms with Gasteiger partial charge in [0.15, 0.2) is 0 Å². The molecular weight excluding hydrogens is 747 g/mol. The van der Waals surface area contributed by atoms with Crippen LogP contribution >= 0.6 is 0 Å². The van der Waals surface area contributed by atoms with Crippen LogP contribution in [0.3, 0.4) is 0 Å². The summed E-state index contributed by atoms with van der Waals surface area (Å²) < 4.78 is 6.03. The van der Waals surface area contributed by atoms with Crippen molar-refractivity contribution >= 4 is 35.3 Å². The third-order valence-corrected chi connectivity index (χ3v) is 10.5. The van der Waals surface area contributed by atoms with Gasteiger partial charge in [-0.05, 0) is 64.5 Å². The van der Waals surface area contributed by atoms with Crippen molar-refractivity contribution in [2.24, 2.45) is 5.92 Å². The fourth-order valence-electron chi connectivity index (χ4n) is 5.57. The standard InChI is InChI=1S/C22H21N2O.C17H22NSi.Ir/c1-13(2)15(4)19-11-20(24-12-14(19)3)18-8-5-7-16-17-9-6-10-23-22(17)25-21(16)18;1-13(2)15-11-16(14-9-7-6-8-10-14)18-12-17(15)19(3,4)5;/h5-7,9-13,15H,1-4H3;6-9,11-13H,1-5H3;/q2*-1;. The van der Waals surface area contributed by atoms with Crippen molar-refractivity contribution in [1.82, 2.24) is 15.0 Å². The van der Waals surface area contributed by atoms with E-state index in [1.165, 1.54) is 21.9 Å². The van der Waals surface area contributed by atoms with Gasteiger partial charge in [0, 0.05) is 44.1 Å². The Balaban J connectivity index is 0.000000208. The maximum absolute atomic E-state index is 6.03. The monoisotopic (exact) mass is 790 g/mol. The number of rotatable bonds is 6. The van der Waals surface area contributed by atoms with E-state index >= 15 is 0 Å². The first kappa shape index (κ1) is 34.4. The molecule has 1 atom stereocenters. The Morgan fingerprint density at radius 2 is 1.49 bits per heavy atom. The number of aryl methyl sites for hydroxylation is 1. The molecule has 2 aromatic carbocycles. The first-order valence-corrected chi connectivity index (χ1v) is 19.1. The van der Waals surface area contributed by atoms with E-state index < -0.39 is 8.07 Å². The van der Waals surface area contributed by atoms with Crippen LogP contribution in [0.25, 0.3) is 44.6 Å². The Bertz CT molecular complexity index is 1890. The van der Waals surface area contributed by atoms with Crippen LogP contribution in [0.15, 0.2) is 83.7 Å². The molecule has 235 valence electrons. The molecule has 0 spiro atoms. The molecule has 4 nitrogen and oxygen atoms in total. The van der Waals surface area contributed by atoms with Crippen molar-refractivity contribution in [1.29, 1.82) is 0 Å². The topological polar surface area (TPSA) is 51.8 Å². The molecule has 0 amide bonds. The Labute approximate surface area is 283 Å².